The Morgan fingerprint density at radius 3 is 2.35 bits per heavy atom. The first-order chi connectivity index (χ1) is 17.6. The van der Waals surface area contributed by atoms with Gasteiger partial charge in [0.1, 0.15) is 6.04 Å². The summed E-state index contributed by atoms with van der Waals surface area (Å²) in [5, 5.41) is 4.58. The van der Waals surface area contributed by atoms with Gasteiger partial charge in [0.2, 0.25) is 11.8 Å². The van der Waals surface area contributed by atoms with E-state index in [0.717, 1.165) is 28.3 Å². The Labute approximate surface area is 219 Å². The molecular formula is C29H35N3O4S. The maximum atomic E-state index is 13.4. The number of sulfonamides is 1. The standard InChI is InChI=1S/C29H35N3O4S/c1-5-21(3)30-29(34)22(4)31(19-23-16-14-20(2)15-17-23)27(33)13-8-18-32-25-11-6-9-24-10-7-12-26(28(24)25)37(32,35)36/h6-7,9-12,14-17,21-22H,5,8,13,18-19H2,1-4H3,(H,30,34)/t21-,22+/m0/s1. The first kappa shape index (κ1) is 26.7. The quantitative estimate of drug-likeness (QED) is 0.416. The second-order valence-electron chi connectivity index (χ2n) is 9.81. The summed E-state index contributed by atoms with van der Waals surface area (Å²) in [4.78, 5) is 28.3. The smallest absolute Gasteiger partial charge is 0.265 e. The average Bonchev–Trinajstić information content (AvgIpc) is 3.10. The lowest BCUT2D eigenvalue weighted by molar-refractivity contribution is -0.140. The lowest BCUT2D eigenvalue weighted by Gasteiger charge is -2.30. The van der Waals surface area contributed by atoms with Crippen molar-refractivity contribution in [1.82, 2.24) is 10.2 Å². The molecule has 0 saturated heterocycles. The van der Waals surface area contributed by atoms with Crippen LogP contribution in [0.3, 0.4) is 0 Å². The third-order valence-electron chi connectivity index (χ3n) is 7.07. The van der Waals surface area contributed by atoms with Crippen molar-refractivity contribution in [1.29, 1.82) is 0 Å². The van der Waals surface area contributed by atoms with Gasteiger partial charge in [0, 0.05) is 30.9 Å². The van der Waals surface area contributed by atoms with Gasteiger partial charge in [-0.15, -0.1) is 0 Å². The summed E-state index contributed by atoms with van der Waals surface area (Å²) in [6.07, 6.45) is 1.27. The van der Waals surface area contributed by atoms with E-state index >= 15 is 0 Å². The maximum Gasteiger partial charge on any atom is 0.265 e. The fourth-order valence-electron chi connectivity index (χ4n) is 4.65. The maximum absolute atomic E-state index is 13.4. The second kappa shape index (κ2) is 10.9. The SMILES string of the molecule is CC[C@H](C)NC(=O)[C@@H](C)N(Cc1ccc(C)cc1)C(=O)CCCN1c2cccc3cccc(c23)S1(=O)=O. The molecule has 1 N–H and O–H groups in total. The molecule has 0 aliphatic carbocycles. The molecule has 0 spiro atoms. The summed E-state index contributed by atoms with van der Waals surface area (Å²) in [5.74, 6) is -0.376. The van der Waals surface area contributed by atoms with Crippen LogP contribution < -0.4 is 9.62 Å². The average molecular weight is 522 g/mol. The van der Waals surface area contributed by atoms with Gasteiger partial charge in [-0.25, -0.2) is 8.42 Å². The Hall–Kier alpha value is -3.39. The molecule has 0 unspecified atom stereocenters. The van der Waals surface area contributed by atoms with E-state index in [9.17, 15) is 18.0 Å². The number of benzene rings is 3. The zero-order chi connectivity index (χ0) is 26.7. The van der Waals surface area contributed by atoms with Crippen LogP contribution in [0.15, 0.2) is 65.6 Å². The van der Waals surface area contributed by atoms with Gasteiger partial charge >= 0.3 is 0 Å². The van der Waals surface area contributed by atoms with Crippen LogP contribution in [0.5, 0.6) is 0 Å². The largest absolute Gasteiger partial charge is 0.352 e. The summed E-state index contributed by atoms with van der Waals surface area (Å²) >= 11 is 0. The van der Waals surface area contributed by atoms with Crippen molar-refractivity contribution >= 4 is 38.3 Å². The second-order valence-corrected chi connectivity index (χ2v) is 11.6. The molecular weight excluding hydrogens is 486 g/mol. The lowest BCUT2D eigenvalue weighted by Crippen LogP contribution is -2.49. The number of nitrogens with zero attached hydrogens (tertiary/aromatic N) is 2. The predicted molar refractivity (Wildman–Crippen MR) is 147 cm³/mol. The van der Waals surface area contributed by atoms with Crippen LogP contribution in [0.2, 0.25) is 0 Å². The Morgan fingerprint density at radius 2 is 1.68 bits per heavy atom. The molecule has 2 amide bonds. The van der Waals surface area contributed by atoms with Crippen LogP contribution in [-0.4, -0.2) is 43.8 Å². The molecule has 1 heterocycles. The molecule has 0 saturated carbocycles. The number of anilines is 1. The van der Waals surface area contributed by atoms with Crippen molar-refractivity contribution in [3.8, 4) is 0 Å². The monoisotopic (exact) mass is 521 g/mol. The molecule has 0 bridgehead atoms. The molecule has 1 aliphatic rings. The van der Waals surface area contributed by atoms with Gasteiger partial charge < -0.3 is 10.2 Å². The van der Waals surface area contributed by atoms with Gasteiger partial charge in [0.15, 0.2) is 0 Å². The number of aryl methyl sites for hydroxylation is 1. The van der Waals surface area contributed by atoms with Gasteiger partial charge in [-0.05, 0) is 56.7 Å². The number of hydrogen-bond donors (Lipinski definition) is 1. The minimum absolute atomic E-state index is 0.0102. The molecule has 0 fully saturated rings. The van der Waals surface area contributed by atoms with Crippen LogP contribution >= 0.6 is 0 Å². The fourth-order valence-corrected chi connectivity index (χ4v) is 6.40. The molecule has 8 heteroatoms. The molecule has 37 heavy (non-hydrogen) atoms. The number of nitrogens with one attached hydrogen (secondary N) is 1. The first-order valence-electron chi connectivity index (χ1n) is 12.8. The van der Waals surface area contributed by atoms with E-state index in [1.165, 1.54) is 4.31 Å². The van der Waals surface area contributed by atoms with Crippen molar-refractivity contribution in [2.45, 2.75) is 70.5 Å². The molecule has 3 aromatic rings. The Balaban J connectivity index is 1.49. The molecule has 0 radical (unpaired) electrons. The summed E-state index contributed by atoms with van der Waals surface area (Å²) < 4.78 is 27.9. The molecule has 3 aromatic carbocycles. The van der Waals surface area contributed by atoms with E-state index in [-0.39, 0.29) is 30.8 Å². The van der Waals surface area contributed by atoms with Crippen molar-refractivity contribution in [2.24, 2.45) is 0 Å². The first-order valence-corrected chi connectivity index (χ1v) is 14.3. The minimum Gasteiger partial charge on any atom is -0.352 e. The number of hydrogen-bond acceptors (Lipinski definition) is 4. The summed E-state index contributed by atoms with van der Waals surface area (Å²) in [6.45, 7) is 8.17. The van der Waals surface area contributed by atoms with Gasteiger partial charge in [0.25, 0.3) is 10.0 Å². The highest BCUT2D eigenvalue weighted by Gasteiger charge is 2.35. The Bertz CT molecular complexity index is 1400. The highest BCUT2D eigenvalue weighted by atomic mass is 32.2. The van der Waals surface area contributed by atoms with E-state index < -0.39 is 16.1 Å². The summed E-state index contributed by atoms with van der Waals surface area (Å²) in [7, 11) is -3.67. The minimum atomic E-state index is -3.67. The molecule has 4 rings (SSSR count). The van der Waals surface area contributed by atoms with Crippen LogP contribution in [0.1, 0.15) is 51.2 Å². The number of carbonyl (C=O) groups excluding carboxylic acids is 2. The third kappa shape index (κ3) is 5.49. The van der Waals surface area contributed by atoms with E-state index in [2.05, 4.69) is 5.32 Å². The predicted octanol–water partition coefficient (Wildman–Crippen LogP) is 4.77. The van der Waals surface area contributed by atoms with Gasteiger partial charge in [0.05, 0.1) is 10.6 Å². The van der Waals surface area contributed by atoms with Crippen molar-refractivity contribution in [2.75, 3.05) is 10.8 Å². The van der Waals surface area contributed by atoms with Crippen LogP contribution in [-0.2, 0) is 26.2 Å². The third-order valence-corrected chi connectivity index (χ3v) is 8.93. The summed E-state index contributed by atoms with van der Waals surface area (Å²) in [6, 6.07) is 18.1. The molecule has 1 aliphatic heterocycles. The van der Waals surface area contributed by atoms with E-state index in [1.807, 2.05) is 69.3 Å². The zero-order valence-electron chi connectivity index (χ0n) is 21.9. The van der Waals surface area contributed by atoms with Crippen LogP contribution in [0.25, 0.3) is 10.8 Å². The Kier molecular flexibility index (Phi) is 7.87. The number of amides is 2. The normalized spacial score (nSPS) is 15.4. The summed E-state index contributed by atoms with van der Waals surface area (Å²) in [5.41, 5.74) is 2.71. The molecule has 7 nitrogen and oxygen atoms in total. The van der Waals surface area contributed by atoms with Crippen LogP contribution in [0.4, 0.5) is 5.69 Å². The molecule has 2 atom stereocenters. The fraction of sp³-hybridized carbons (Fsp3) is 0.379. The van der Waals surface area contributed by atoms with Crippen LogP contribution in [0, 0.1) is 6.92 Å². The van der Waals surface area contributed by atoms with Crippen molar-refractivity contribution in [3.63, 3.8) is 0 Å². The van der Waals surface area contributed by atoms with E-state index in [1.54, 1.807) is 24.0 Å². The highest BCUT2D eigenvalue weighted by molar-refractivity contribution is 7.93. The number of rotatable bonds is 10. The Morgan fingerprint density at radius 1 is 1.00 bits per heavy atom. The topological polar surface area (TPSA) is 86.8 Å². The lowest BCUT2D eigenvalue weighted by atomic mass is 10.1. The molecule has 196 valence electrons. The van der Waals surface area contributed by atoms with Crippen molar-refractivity contribution in [3.05, 3.63) is 71.8 Å². The number of carbonyl (C=O) groups is 2. The van der Waals surface area contributed by atoms with Gasteiger partial charge in [-0.1, -0.05) is 61.0 Å². The zero-order valence-corrected chi connectivity index (χ0v) is 22.7. The molecule has 0 aromatic heterocycles. The highest BCUT2D eigenvalue weighted by Crippen LogP contribution is 2.42. The van der Waals surface area contributed by atoms with E-state index in [4.69, 9.17) is 0 Å². The van der Waals surface area contributed by atoms with Gasteiger partial charge in [-0.3, -0.25) is 13.9 Å². The van der Waals surface area contributed by atoms with E-state index in [0.29, 0.717) is 23.5 Å². The van der Waals surface area contributed by atoms with Crippen molar-refractivity contribution < 1.29 is 18.0 Å². The van der Waals surface area contributed by atoms with Gasteiger partial charge in [-0.2, -0.15) is 0 Å².